The summed E-state index contributed by atoms with van der Waals surface area (Å²) < 4.78 is 5.91. The van der Waals surface area contributed by atoms with Gasteiger partial charge in [-0.3, -0.25) is 4.98 Å². The smallest absolute Gasteiger partial charge is 0.317 e. The van der Waals surface area contributed by atoms with Gasteiger partial charge in [-0.1, -0.05) is 54.1 Å². The van der Waals surface area contributed by atoms with Crippen LogP contribution in [0.15, 0.2) is 60.9 Å². The molecule has 2 aromatic carbocycles. The second-order valence-corrected chi connectivity index (χ2v) is 6.98. The first kappa shape index (κ1) is 17.6. The summed E-state index contributed by atoms with van der Waals surface area (Å²) in [6, 6.07) is 16.0. The molecular weight excluding hydrogens is 362 g/mol. The largest absolute Gasteiger partial charge is 0.487 e. The number of carbonyl (C=O) groups excluding carboxylic acids is 1. The first-order valence-corrected chi connectivity index (χ1v) is 9.34. The molecule has 0 saturated carbocycles. The first-order valence-electron chi connectivity index (χ1n) is 8.96. The fraction of sp³-hybridized carbons (Fsp3) is 0.238. The van der Waals surface area contributed by atoms with Gasteiger partial charge >= 0.3 is 6.03 Å². The van der Waals surface area contributed by atoms with Crippen LogP contribution < -0.4 is 10.1 Å². The fourth-order valence-corrected chi connectivity index (χ4v) is 3.54. The van der Waals surface area contributed by atoms with E-state index in [0.717, 1.165) is 17.4 Å². The van der Waals surface area contributed by atoms with Crippen LogP contribution in [0.4, 0.5) is 4.79 Å². The standard InChI is InChI=1S/C21H20ClN3O2/c22-19-13-23-10-8-20(19)27-17-9-11-25(14-17)21(26)24-12-16-6-3-5-15-4-1-2-7-18(15)16/h1-8,10,13,17H,9,11-12,14H2,(H,24,26)/t17-/m0/s1. The molecule has 27 heavy (non-hydrogen) atoms. The number of rotatable bonds is 4. The van der Waals surface area contributed by atoms with Gasteiger partial charge in [0, 0.05) is 38.0 Å². The molecule has 0 unspecified atom stereocenters. The van der Waals surface area contributed by atoms with E-state index in [0.29, 0.717) is 30.4 Å². The van der Waals surface area contributed by atoms with Crippen LogP contribution in [0.5, 0.6) is 5.75 Å². The van der Waals surface area contributed by atoms with Gasteiger partial charge in [0.25, 0.3) is 0 Å². The maximum atomic E-state index is 12.5. The Hall–Kier alpha value is -2.79. The van der Waals surface area contributed by atoms with Crippen LogP contribution >= 0.6 is 11.6 Å². The minimum absolute atomic E-state index is 0.0618. The van der Waals surface area contributed by atoms with Crippen LogP contribution in [0.3, 0.4) is 0 Å². The second-order valence-electron chi connectivity index (χ2n) is 6.58. The van der Waals surface area contributed by atoms with Gasteiger partial charge in [0.1, 0.15) is 16.9 Å². The molecule has 2 heterocycles. The molecule has 0 aliphatic carbocycles. The number of fused-ring (bicyclic) bond motifs is 1. The Morgan fingerprint density at radius 1 is 1.22 bits per heavy atom. The van der Waals surface area contributed by atoms with E-state index in [1.54, 1.807) is 23.4 Å². The SMILES string of the molecule is O=C(NCc1cccc2ccccc12)N1CC[C@H](Oc2ccncc2Cl)C1. The molecule has 6 heteroatoms. The first-order chi connectivity index (χ1) is 13.2. The van der Waals surface area contributed by atoms with Crippen molar-refractivity contribution >= 4 is 28.4 Å². The van der Waals surface area contributed by atoms with E-state index >= 15 is 0 Å². The quantitative estimate of drug-likeness (QED) is 0.735. The second kappa shape index (κ2) is 7.84. The van der Waals surface area contributed by atoms with Gasteiger partial charge < -0.3 is 15.0 Å². The number of amides is 2. The molecule has 5 nitrogen and oxygen atoms in total. The Labute approximate surface area is 162 Å². The monoisotopic (exact) mass is 381 g/mol. The lowest BCUT2D eigenvalue weighted by molar-refractivity contribution is 0.186. The zero-order chi connectivity index (χ0) is 18.6. The highest BCUT2D eigenvalue weighted by Gasteiger charge is 2.28. The zero-order valence-electron chi connectivity index (χ0n) is 14.8. The molecule has 0 radical (unpaired) electrons. The summed E-state index contributed by atoms with van der Waals surface area (Å²) in [6.07, 6.45) is 3.92. The Morgan fingerprint density at radius 3 is 2.96 bits per heavy atom. The van der Waals surface area contributed by atoms with Gasteiger partial charge in [-0.2, -0.15) is 0 Å². The number of hydrogen-bond donors (Lipinski definition) is 1. The summed E-state index contributed by atoms with van der Waals surface area (Å²) in [6.45, 7) is 1.70. The molecule has 0 spiro atoms. The maximum Gasteiger partial charge on any atom is 0.317 e. The van der Waals surface area contributed by atoms with Crippen LogP contribution in [0.1, 0.15) is 12.0 Å². The van der Waals surface area contributed by atoms with Gasteiger partial charge in [0.05, 0.1) is 6.54 Å². The van der Waals surface area contributed by atoms with Crippen molar-refractivity contribution in [2.24, 2.45) is 0 Å². The van der Waals surface area contributed by atoms with E-state index in [1.165, 1.54) is 5.39 Å². The average molecular weight is 382 g/mol. The Bertz CT molecular complexity index is 958. The summed E-state index contributed by atoms with van der Waals surface area (Å²) in [7, 11) is 0. The molecule has 138 valence electrons. The number of carbonyl (C=O) groups is 1. The summed E-state index contributed by atoms with van der Waals surface area (Å²) in [5, 5.41) is 5.84. The van der Waals surface area contributed by atoms with E-state index in [-0.39, 0.29) is 12.1 Å². The highest BCUT2D eigenvalue weighted by atomic mass is 35.5. The number of urea groups is 1. The molecule has 1 aromatic heterocycles. The lowest BCUT2D eigenvalue weighted by atomic mass is 10.0. The molecule has 1 fully saturated rings. The number of halogens is 1. The average Bonchev–Trinajstić information content (AvgIpc) is 3.16. The number of likely N-dealkylation sites (tertiary alicyclic amines) is 1. The predicted molar refractivity (Wildman–Crippen MR) is 106 cm³/mol. The Balaban J connectivity index is 1.35. The minimum Gasteiger partial charge on any atom is -0.487 e. The number of nitrogens with zero attached hydrogens (tertiary/aromatic N) is 2. The third kappa shape index (κ3) is 3.98. The minimum atomic E-state index is -0.0742. The van der Waals surface area contributed by atoms with Crippen LogP contribution in [0.25, 0.3) is 10.8 Å². The highest BCUT2D eigenvalue weighted by molar-refractivity contribution is 6.31. The molecule has 1 N–H and O–H groups in total. The zero-order valence-corrected chi connectivity index (χ0v) is 15.5. The van der Waals surface area contributed by atoms with Crippen molar-refractivity contribution in [1.82, 2.24) is 15.2 Å². The van der Waals surface area contributed by atoms with Crippen molar-refractivity contribution < 1.29 is 9.53 Å². The van der Waals surface area contributed by atoms with Crippen molar-refractivity contribution in [2.45, 2.75) is 19.1 Å². The molecular formula is C21H20ClN3O2. The maximum absolute atomic E-state index is 12.5. The molecule has 1 saturated heterocycles. The molecule has 1 aliphatic heterocycles. The molecule has 0 bridgehead atoms. The number of ether oxygens (including phenoxy) is 1. The van der Waals surface area contributed by atoms with Gasteiger partial charge in [0.15, 0.2) is 0 Å². The van der Waals surface area contributed by atoms with Crippen LogP contribution in [-0.4, -0.2) is 35.1 Å². The van der Waals surface area contributed by atoms with Crippen molar-refractivity contribution in [2.75, 3.05) is 13.1 Å². The summed E-state index contributed by atoms with van der Waals surface area (Å²) in [5.41, 5.74) is 1.11. The molecule has 1 aliphatic rings. The third-order valence-corrected chi connectivity index (χ3v) is 5.05. The van der Waals surface area contributed by atoms with Crippen molar-refractivity contribution in [1.29, 1.82) is 0 Å². The Morgan fingerprint density at radius 2 is 2.07 bits per heavy atom. The molecule has 2 amide bonds. The third-order valence-electron chi connectivity index (χ3n) is 4.77. The fourth-order valence-electron chi connectivity index (χ4n) is 3.38. The summed E-state index contributed by atoms with van der Waals surface area (Å²) in [4.78, 5) is 18.3. The molecule has 1 atom stereocenters. The summed E-state index contributed by atoms with van der Waals surface area (Å²) >= 11 is 6.09. The number of nitrogens with one attached hydrogen (secondary N) is 1. The Kier molecular flexibility index (Phi) is 5.12. The van der Waals surface area contributed by atoms with Crippen LogP contribution in [0, 0.1) is 0 Å². The van der Waals surface area contributed by atoms with Crippen molar-refractivity contribution in [3.63, 3.8) is 0 Å². The number of benzene rings is 2. The van der Waals surface area contributed by atoms with Crippen molar-refractivity contribution in [3.8, 4) is 5.75 Å². The highest BCUT2D eigenvalue weighted by Crippen LogP contribution is 2.25. The molecule has 3 aromatic rings. The lowest BCUT2D eigenvalue weighted by Gasteiger charge is -2.18. The van der Waals surface area contributed by atoms with Gasteiger partial charge in [-0.15, -0.1) is 0 Å². The van der Waals surface area contributed by atoms with E-state index < -0.39 is 0 Å². The van der Waals surface area contributed by atoms with E-state index in [1.807, 2.05) is 24.3 Å². The van der Waals surface area contributed by atoms with Gasteiger partial charge in [0.2, 0.25) is 0 Å². The van der Waals surface area contributed by atoms with E-state index in [4.69, 9.17) is 16.3 Å². The normalized spacial score (nSPS) is 16.5. The lowest BCUT2D eigenvalue weighted by Crippen LogP contribution is -2.39. The number of aromatic nitrogens is 1. The van der Waals surface area contributed by atoms with Gasteiger partial charge in [-0.05, 0) is 16.3 Å². The molecule has 4 rings (SSSR count). The van der Waals surface area contributed by atoms with Crippen LogP contribution in [-0.2, 0) is 6.54 Å². The van der Waals surface area contributed by atoms with Gasteiger partial charge in [-0.25, -0.2) is 4.79 Å². The number of pyridine rings is 1. The number of hydrogen-bond acceptors (Lipinski definition) is 3. The topological polar surface area (TPSA) is 54.5 Å². The predicted octanol–water partition coefficient (Wildman–Crippen LogP) is 4.25. The van der Waals surface area contributed by atoms with Crippen LogP contribution in [0.2, 0.25) is 5.02 Å². The van der Waals surface area contributed by atoms with E-state index in [2.05, 4.69) is 28.5 Å². The van der Waals surface area contributed by atoms with E-state index in [9.17, 15) is 4.79 Å². The van der Waals surface area contributed by atoms with Crippen molar-refractivity contribution in [3.05, 3.63) is 71.5 Å². The summed E-state index contributed by atoms with van der Waals surface area (Å²) in [5.74, 6) is 0.606.